The van der Waals surface area contributed by atoms with Crippen LogP contribution < -0.4 is 0 Å². The van der Waals surface area contributed by atoms with Gasteiger partial charge in [0.15, 0.2) is 0 Å². The van der Waals surface area contributed by atoms with E-state index in [1.165, 1.54) is 0 Å². The maximum Gasteiger partial charge on any atom is 0.303 e. The molecule has 0 spiro atoms. The maximum atomic E-state index is 13.8. The molecule has 1 fully saturated rings. The highest BCUT2D eigenvalue weighted by Crippen LogP contribution is 2.32. The number of benzene rings is 1. The normalized spacial score (nSPS) is 19.9. The smallest absolute Gasteiger partial charge is 0.303 e. The van der Waals surface area contributed by atoms with Crippen molar-refractivity contribution in [1.29, 1.82) is 0 Å². The fourth-order valence-electron chi connectivity index (χ4n) is 2.33. The molecule has 1 aliphatic heterocycles. The molecule has 2 rings (SSSR count). The molecule has 1 atom stereocenters. The zero-order chi connectivity index (χ0) is 15.8. The van der Waals surface area contributed by atoms with E-state index in [0.717, 1.165) is 10.4 Å². The Morgan fingerprint density at radius 3 is 2.67 bits per heavy atom. The van der Waals surface area contributed by atoms with Gasteiger partial charge >= 0.3 is 5.97 Å². The molecule has 0 aromatic heterocycles. The molecule has 21 heavy (non-hydrogen) atoms. The second-order valence-corrected chi connectivity index (χ2v) is 7.54. The summed E-state index contributed by atoms with van der Waals surface area (Å²) in [5.41, 5.74) is 0. The van der Waals surface area contributed by atoms with Crippen molar-refractivity contribution in [2.24, 2.45) is 5.92 Å². The van der Waals surface area contributed by atoms with Gasteiger partial charge in [0.05, 0.1) is 0 Å². The lowest BCUT2D eigenvalue weighted by molar-refractivity contribution is -0.137. The summed E-state index contributed by atoms with van der Waals surface area (Å²) in [6.07, 6.45) is 0.255. The molecular weight excluding hydrogens is 372 g/mol. The topological polar surface area (TPSA) is 74.7 Å². The molecule has 0 saturated carbocycles. The zero-order valence-corrected chi connectivity index (χ0v) is 13.1. The van der Waals surface area contributed by atoms with Gasteiger partial charge in [-0.3, -0.25) is 4.79 Å². The van der Waals surface area contributed by atoms with Crippen molar-refractivity contribution in [1.82, 2.24) is 4.31 Å². The van der Waals surface area contributed by atoms with E-state index in [-0.39, 0.29) is 29.9 Å². The average molecular weight is 384 g/mol. The Labute approximate surface area is 128 Å². The summed E-state index contributed by atoms with van der Waals surface area (Å²) in [5.74, 6) is -3.37. The fourth-order valence-corrected chi connectivity index (χ4v) is 4.98. The summed E-state index contributed by atoms with van der Waals surface area (Å²) in [6.45, 7) is 0.126. The van der Waals surface area contributed by atoms with Gasteiger partial charge in [-0.05, 0) is 34.3 Å². The number of carbonyl (C=O) groups is 1. The molecule has 1 saturated heterocycles. The summed E-state index contributed by atoms with van der Waals surface area (Å²) in [5, 5.41) is 8.72. The lowest BCUT2D eigenvalue weighted by Crippen LogP contribution is -2.30. The SMILES string of the molecule is O=C(O)CC1CCN(S(=O)(=O)c2c(F)cc(F)cc2Br)C1. The van der Waals surface area contributed by atoms with E-state index in [1.807, 2.05) is 0 Å². The summed E-state index contributed by atoms with van der Waals surface area (Å²) in [4.78, 5) is 10.0. The number of hydrogen-bond acceptors (Lipinski definition) is 3. The van der Waals surface area contributed by atoms with Crippen LogP contribution in [0.3, 0.4) is 0 Å². The van der Waals surface area contributed by atoms with Gasteiger partial charge in [-0.2, -0.15) is 4.31 Å². The van der Waals surface area contributed by atoms with E-state index in [4.69, 9.17) is 5.11 Å². The standard InChI is InChI=1S/C12H12BrF2NO4S/c13-9-4-8(14)5-10(15)12(9)21(19,20)16-2-1-7(6-16)3-11(17)18/h4-5,7H,1-3,6H2,(H,17,18). The molecular formula is C12H12BrF2NO4S. The third-order valence-electron chi connectivity index (χ3n) is 3.27. The summed E-state index contributed by atoms with van der Waals surface area (Å²) >= 11 is 2.86. The van der Waals surface area contributed by atoms with Crippen LogP contribution in [0.4, 0.5) is 8.78 Å². The van der Waals surface area contributed by atoms with Gasteiger partial charge in [-0.15, -0.1) is 0 Å². The molecule has 9 heteroatoms. The van der Waals surface area contributed by atoms with E-state index in [0.29, 0.717) is 12.5 Å². The molecule has 0 aliphatic carbocycles. The molecule has 1 aromatic carbocycles. The van der Waals surface area contributed by atoms with Crippen molar-refractivity contribution in [2.45, 2.75) is 17.7 Å². The van der Waals surface area contributed by atoms with Crippen LogP contribution in [0.1, 0.15) is 12.8 Å². The van der Waals surface area contributed by atoms with Crippen molar-refractivity contribution >= 4 is 31.9 Å². The Kier molecular flexibility index (Phi) is 4.64. The van der Waals surface area contributed by atoms with E-state index in [1.54, 1.807) is 0 Å². The predicted octanol–water partition coefficient (Wildman–Crippen LogP) is 2.21. The maximum absolute atomic E-state index is 13.8. The number of sulfonamides is 1. The van der Waals surface area contributed by atoms with Gasteiger partial charge in [0.2, 0.25) is 10.0 Å². The van der Waals surface area contributed by atoms with E-state index >= 15 is 0 Å². The van der Waals surface area contributed by atoms with E-state index in [2.05, 4.69) is 15.9 Å². The number of halogens is 3. The average Bonchev–Trinajstić information content (AvgIpc) is 2.75. The minimum absolute atomic E-state index is 0.0118. The van der Waals surface area contributed by atoms with E-state index in [9.17, 15) is 22.0 Å². The quantitative estimate of drug-likeness (QED) is 0.864. The summed E-state index contributed by atoms with van der Waals surface area (Å²) in [7, 11) is -4.13. The Bertz CT molecular complexity index is 657. The van der Waals surface area contributed by atoms with Crippen LogP contribution in [0.5, 0.6) is 0 Å². The number of nitrogens with zero attached hydrogens (tertiary/aromatic N) is 1. The summed E-state index contributed by atoms with van der Waals surface area (Å²) < 4.78 is 52.5. The van der Waals surface area contributed by atoms with Crippen molar-refractivity contribution in [3.63, 3.8) is 0 Å². The predicted molar refractivity (Wildman–Crippen MR) is 73.2 cm³/mol. The monoisotopic (exact) mass is 383 g/mol. The Balaban J connectivity index is 2.30. The third kappa shape index (κ3) is 3.41. The van der Waals surface area contributed by atoms with Gasteiger partial charge < -0.3 is 5.11 Å². The second-order valence-electron chi connectivity index (χ2n) is 4.81. The highest BCUT2D eigenvalue weighted by molar-refractivity contribution is 9.10. The van der Waals surface area contributed by atoms with E-state index < -0.39 is 32.5 Å². The molecule has 1 heterocycles. The van der Waals surface area contributed by atoms with Crippen LogP contribution in [0.25, 0.3) is 0 Å². The van der Waals surface area contributed by atoms with Gasteiger partial charge in [0.25, 0.3) is 0 Å². The number of rotatable bonds is 4. The first kappa shape index (κ1) is 16.3. The second kappa shape index (κ2) is 5.98. The van der Waals surface area contributed by atoms with Crippen LogP contribution in [0, 0.1) is 17.6 Å². The zero-order valence-electron chi connectivity index (χ0n) is 10.7. The lowest BCUT2D eigenvalue weighted by atomic mass is 10.1. The minimum Gasteiger partial charge on any atom is -0.481 e. The van der Waals surface area contributed by atoms with Gasteiger partial charge in [0, 0.05) is 30.0 Å². The first-order valence-electron chi connectivity index (χ1n) is 6.08. The highest BCUT2D eigenvalue weighted by atomic mass is 79.9. The van der Waals surface area contributed by atoms with Gasteiger partial charge in [-0.1, -0.05) is 0 Å². The molecule has 0 radical (unpaired) electrons. The Morgan fingerprint density at radius 2 is 2.10 bits per heavy atom. The van der Waals surface area contributed by atoms with Crippen molar-refractivity contribution in [3.8, 4) is 0 Å². The van der Waals surface area contributed by atoms with Gasteiger partial charge in [0.1, 0.15) is 16.5 Å². The van der Waals surface area contributed by atoms with Gasteiger partial charge in [-0.25, -0.2) is 17.2 Å². The van der Waals surface area contributed by atoms with Crippen LogP contribution >= 0.6 is 15.9 Å². The summed E-state index contributed by atoms with van der Waals surface area (Å²) in [6, 6.07) is 1.38. The Morgan fingerprint density at radius 1 is 1.43 bits per heavy atom. The molecule has 1 unspecified atom stereocenters. The first-order valence-corrected chi connectivity index (χ1v) is 8.31. The molecule has 0 amide bonds. The molecule has 5 nitrogen and oxygen atoms in total. The molecule has 0 bridgehead atoms. The van der Waals surface area contributed by atoms with Crippen LogP contribution in [0.15, 0.2) is 21.5 Å². The molecule has 1 aliphatic rings. The largest absolute Gasteiger partial charge is 0.481 e. The molecule has 116 valence electrons. The first-order chi connectivity index (χ1) is 9.71. The van der Waals surface area contributed by atoms with Crippen molar-refractivity contribution in [2.75, 3.05) is 13.1 Å². The van der Waals surface area contributed by atoms with Crippen LogP contribution in [0.2, 0.25) is 0 Å². The van der Waals surface area contributed by atoms with Crippen LogP contribution in [-0.4, -0.2) is 36.9 Å². The van der Waals surface area contributed by atoms with Crippen molar-refractivity contribution < 1.29 is 27.1 Å². The minimum atomic E-state index is -4.13. The number of carboxylic acid groups (broad SMARTS) is 1. The Hall–Kier alpha value is -1.06. The fraction of sp³-hybridized carbons (Fsp3) is 0.417. The number of hydrogen-bond donors (Lipinski definition) is 1. The van der Waals surface area contributed by atoms with Crippen LogP contribution in [-0.2, 0) is 14.8 Å². The lowest BCUT2D eigenvalue weighted by Gasteiger charge is -2.18. The number of aliphatic carboxylic acids is 1. The molecule has 1 aromatic rings. The molecule has 1 N–H and O–H groups in total. The third-order valence-corrected chi connectivity index (χ3v) is 6.10. The van der Waals surface area contributed by atoms with Crippen molar-refractivity contribution in [3.05, 3.63) is 28.2 Å². The highest BCUT2D eigenvalue weighted by Gasteiger charge is 2.36. The number of carboxylic acids is 1.